The van der Waals surface area contributed by atoms with E-state index in [1.54, 1.807) is 18.2 Å². The summed E-state index contributed by atoms with van der Waals surface area (Å²) < 4.78 is 0. The Morgan fingerprint density at radius 2 is 1.95 bits per heavy atom. The molecule has 0 saturated heterocycles. The van der Waals surface area contributed by atoms with Crippen molar-refractivity contribution >= 4 is 33.2 Å². The Morgan fingerprint density at radius 3 is 2.50 bits per heavy atom. The Kier molecular flexibility index (Phi) is 3.85. The van der Waals surface area contributed by atoms with E-state index in [0.717, 1.165) is 17.5 Å². The Balaban J connectivity index is 2.24. The number of amides is 1. The molecule has 7 nitrogen and oxygen atoms in total. The van der Waals surface area contributed by atoms with Crippen molar-refractivity contribution in [2.45, 2.75) is 6.92 Å². The van der Waals surface area contributed by atoms with Crippen molar-refractivity contribution in [1.82, 2.24) is 4.98 Å². The molecule has 0 aliphatic rings. The standard InChI is InChI=1S/C12H9N3O4S/c1-7(16)8-4-2-3-5-9(8)11(17)14-12-13-6-10(20-12)15(18)19/h2-6H,1H3,(H,13,14,17). The van der Waals surface area contributed by atoms with Gasteiger partial charge in [0.15, 0.2) is 10.9 Å². The van der Waals surface area contributed by atoms with Crippen molar-refractivity contribution in [3.63, 3.8) is 0 Å². The SMILES string of the molecule is CC(=O)c1ccccc1C(=O)Nc1ncc([N+](=O)[O-])s1. The van der Waals surface area contributed by atoms with Crippen LogP contribution in [-0.2, 0) is 0 Å². The van der Waals surface area contributed by atoms with Crippen LogP contribution in [0.2, 0.25) is 0 Å². The van der Waals surface area contributed by atoms with Crippen LogP contribution in [0, 0.1) is 10.1 Å². The molecule has 1 N–H and O–H groups in total. The highest BCUT2D eigenvalue weighted by Gasteiger charge is 2.17. The average Bonchev–Trinajstić information content (AvgIpc) is 2.87. The number of nitro groups is 1. The van der Waals surface area contributed by atoms with Crippen LogP contribution in [0.25, 0.3) is 0 Å². The summed E-state index contributed by atoms with van der Waals surface area (Å²) in [5, 5.41) is 12.9. The van der Waals surface area contributed by atoms with Gasteiger partial charge in [0.25, 0.3) is 5.91 Å². The second-order valence-electron chi connectivity index (χ2n) is 3.82. The third kappa shape index (κ3) is 2.86. The first kappa shape index (κ1) is 13.8. The van der Waals surface area contributed by atoms with Crippen LogP contribution in [0.5, 0.6) is 0 Å². The maximum atomic E-state index is 12.1. The van der Waals surface area contributed by atoms with Crippen molar-refractivity contribution in [3.8, 4) is 0 Å². The number of benzene rings is 1. The van der Waals surface area contributed by atoms with E-state index in [-0.39, 0.29) is 27.0 Å². The van der Waals surface area contributed by atoms with Crippen LogP contribution in [0.1, 0.15) is 27.6 Å². The molecule has 20 heavy (non-hydrogen) atoms. The predicted molar refractivity (Wildman–Crippen MR) is 73.2 cm³/mol. The number of carbonyl (C=O) groups is 2. The molecular weight excluding hydrogens is 282 g/mol. The van der Waals surface area contributed by atoms with Gasteiger partial charge in [-0.25, -0.2) is 4.98 Å². The summed E-state index contributed by atoms with van der Waals surface area (Å²) >= 11 is 0.751. The highest BCUT2D eigenvalue weighted by molar-refractivity contribution is 7.18. The van der Waals surface area contributed by atoms with Crippen LogP contribution < -0.4 is 5.32 Å². The zero-order valence-corrected chi connectivity index (χ0v) is 11.1. The fourth-order valence-corrected chi connectivity index (χ4v) is 2.19. The number of Topliss-reactive ketones (excluding diaryl/α,β-unsaturated/α-hetero) is 1. The van der Waals surface area contributed by atoms with Crippen molar-refractivity contribution in [1.29, 1.82) is 0 Å². The average molecular weight is 291 g/mol. The Morgan fingerprint density at radius 1 is 1.30 bits per heavy atom. The van der Waals surface area contributed by atoms with Gasteiger partial charge in [-0.15, -0.1) is 0 Å². The highest BCUT2D eigenvalue weighted by atomic mass is 32.1. The maximum Gasteiger partial charge on any atom is 0.345 e. The van der Waals surface area contributed by atoms with E-state index >= 15 is 0 Å². The van der Waals surface area contributed by atoms with Gasteiger partial charge in [-0.3, -0.25) is 25.0 Å². The highest BCUT2D eigenvalue weighted by Crippen LogP contribution is 2.25. The number of aromatic nitrogens is 1. The summed E-state index contributed by atoms with van der Waals surface area (Å²) in [6.07, 6.45) is 1.07. The first-order valence-electron chi connectivity index (χ1n) is 5.50. The molecule has 0 unspecified atom stereocenters. The molecule has 1 amide bonds. The van der Waals surface area contributed by atoms with Crippen LogP contribution >= 0.6 is 11.3 Å². The third-order valence-electron chi connectivity index (χ3n) is 2.44. The fraction of sp³-hybridized carbons (Fsp3) is 0.0833. The molecule has 0 aliphatic carbocycles. The van der Waals surface area contributed by atoms with Crippen LogP contribution in [0.15, 0.2) is 30.5 Å². The van der Waals surface area contributed by atoms with Crippen molar-refractivity contribution in [2.24, 2.45) is 0 Å². The molecule has 0 spiro atoms. The minimum atomic E-state index is -0.586. The number of hydrogen-bond acceptors (Lipinski definition) is 6. The number of thiazole rings is 1. The summed E-state index contributed by atoms with van der Waals surface area (Å²) in [4.78, 5) is 37.2. The first-order valence-corrected chi connectivity index (χ1v) is 6.32. The van der Waals surface area contributed by atoms with Gasteiger partial charge >= 0.3 is 5.00 Å². The van der Waals surface area contributed by atoms with Gasteiger partial charge in [-0.1, -0.05) is 18.2 Å². The molecule has 0 saturated carbocycles. The van der Waals surface area contributed by atoms with E-state index in [9.17, 15) is 19.7 Å². The quantitative estimate of drug-likeness (QED) is 0.529. The maximum absolute atomic E-state index is 12.1. The molecule has 0 radical (unpaired) electrons. The van der Waals surface area contributed by atoms with Crippen molar-refractivity contribution in [2.75, 3.05) is 5.32 Å². The van der Waals surface area contributed by atoms with Crippen molar-refractivity contribution < 1.29 is 14.5 Å². The number of rotatable bonds is 4. The number of ketones is 1. The molecule has 0 bridgehead atoms. The lowest BCUT2D eigenvalue weighted by atomic mass is 10.0. The van der Waals surface area contributed by atoms with E-state index in [4.69, 9.17) is 0 Å². The lowest BCUT2D eigenvalue weighted by Crippen LogP contribution is -2.15. The molecular formula is C12H9N3O4S. The molecule has 2 rings (SSSR count). The van der Waals surface area contributed by atoms with Gasteiger partial charge in [0.05, 0.1) is 10.5 Å². The topological polar surface area (TPSA) is 102 Å². The number of nitrogens with zero attached hydrogens (tertiary/aromatic N) is 2. The molecule has 0 aliphatic heterocycles. The van der Waals surface area contributed by atoms with Gasteiger partial charge in [0, 0.05) is 5.56 Å². The molecule has 1 aromatic carbocycles. The fourth-order valence-electron chi connectivity index (χ4n) is 1.56. The number of hydrogen-bond donors (Lipinski definition) is 1. The second kappa shape index (κ2) is 5.57. The predicted octanol–water partition coefficient (Wildman–Crippen LogP) is 2.51. The Hall–Kier alpha value is -2.61. The molecule has 0 fully saturated rings. The van der Waals surface area contributed by atoms with Crippen LogP contribution in [0.3, 0.4) is 0 Å². The van der Waals surface area contributed by atoms with E-state index in [0.29, 0.717) is 0 Å². The van der Waals surface area contributed by atoms with Gasteiger partial charge < -0.3 is 0 Å². The smallest absolute Gasteiger partial charge is 0.298 e. The molecule has 1 heterocycles. The van der Waals surface area contributed by atoms with Gasteiger partial charge in [0.1, 0.15) is 6.20 Å². The number of carbonyl (C=O) groups excluding carboxylic acids is 2. The lowest BCUT2D eigenvalue weighted by Gasteiger charge is -2.05. The monoisotopic (exact) mass is 291 g/mol. The summed E-state index contributed by atoms with van der Waals surface area (Å²) in [5.41, 5.74) is 0.494. The first-order chi connectivity index (χ1) is 9.49. The number of nitrogens with one attached hydrogen (secondary N) is 1. The molecule has 1 aromatic heterocycles. The van der Waals surface area contributed by atoms with E-state index in [1.807, 2.05) is 0 Å². The van der Waals surface area contributed by atoms with E-state index in [2.05, 4.69) is 10.3 Å². The summed E-state index contributed by atoms with van der Waals surface area (Å²) in [6.45, 7) is 1.36. The Bertz CT molecular complexity index is 696. The van der Waals surface area contributed by atoms with Crippen LogP contribution in [-0.4, -0.2) is 21.6 Å². The van der Waals surface area contributed by atoms with Gasteiger partial charge in [-0.2, -0.15) is 0 Å². The Labute approximate surface area is 117 Å². The molecule has 0 atom stereocenters. The van der Waals surface area contributed by atoms with Gasteiger partial charge in [0.2, 0.25) is 0 Å². The zero-order chi connectivity index (χ0) is 14.7. The van der Waals surface area contributed by atoms with Crippen molar-refractivity contribution in [3.05, 3.63) is 51.7 Å². The van der Waals surface area contributed by atoms with Crippen LogP contribution in [0.4, 0.5) is 10.1 Å². The lowest BCUT2D eigenvalue weighted by molar-refractivity contribution is -0.380. The van der Waals surface area contributed by atoms with E-state index in [1.165, 1.54) is 13.0 Å². The normalized spacial score (nSPS) is 10.1. The number of anilines is 1. The molecule has 102 valence electrons. The largest absolute Gasteiger partial charge is 0.345 e. The molecule has 2 aromatic rings. The summed E-state index contributed by atoms with van der Waals surface area (Å²) in [7, 11) is 0. The zero-order valence-electron chi connectivity index (χ0n) is 10.3. The molecule has 8 heteroatoms. The minimum Gasteiger partial charge on any atom is -0.298 e. The second-order valence-corrected chi connectivity index (χ2v) is 4.83. The minimum absolute atomic E-state index is 0.111. The summed E-state index contributed by atoms with van der Waals surface area (Å²) in [6, 6.07) is 6.34. The third-order valence-corrected chi connectivity index (χ3v) is 3.31. The summed E-state index contributed by atoms with van der Waals surface area (Å²) in [5.74, 6) is -0.763. The van der Waals surface area contributed by atoms with E-state index < -0.39 is 10.8 Å². The van der Waals surface area contributed by atoms with Gasteiger partial charge in [-0.05, 0) is 24.3 Å².